The second kappa shape index (κ2) is 8.19. The van der Waals surface area contributed by atoms with Crippen molar-refractivity contribution in [2.75, 3.05) is 18.0 Å². The van der Waals surface area contributed by atoms with Crippen LogP contribution in [0.2, 0.25) is 5.02 Å². The fourth-order valence-electron chi connectivity index (χ4n) is 2.71. The maximum atomic E-state index is 13.2. The molecule has 0 spiro atoms. The fourth-order valence-corrected chi connectivity index (χ4v) is 3.76. The third kappa shape index (κ3) is 4.20. The quantitative estimate of drug-likeness (QED) is 0.618. The van der Waals surface area contributed by atoms with E-state index in [4.69, 9.17) is 16.0 Å². The molecule has 1 saturated heterocycles. The highest BCUT2D eigenvalue weighted by molar-refractivity contribution is 8.18. The second-order valence-electron chi connectivity index (χ2n) is 5.85. The van der Waals surface area contributed by atoms with Crippen LogP contribution in [0.5, 0.6) is 0 Å². The molecule has 2 amide bonds. The van der Waals surface area contributed by atoms with E-state index in [1.54, 1.807) is 12.1 Å². The van der Waals surface area contributed by atoms with E-state index in [2.05, 4.69) is 0 Å². The average molecular weight is 409 g/mol. The lowest BCUT2D eigenvalue weighted by Gasteiger charge is -2.16. The summed E-state index contributed by atoms with van der Waals surface area (Å²) >= 11 is 6.84. The summed E-state index contributed by atoms with van der Waals surface area (Å²) in [6, 6.07) is 7.46. The molecule has 27 heavy (non-hydrogen) atoms. The lowest BCUT2D eigenvalue weighted by molar-refractivity contribution is -0.123. The Kier molecular flexibility index (Phi) is 5.92. The van der Waals surface area contributed by atoms with E-state index >= 15 is 0 Å². The first-order valence-electron chi connectivity index (χ1n) is 8.47. The molecule has 0 N–H and O–H groups in total. The summed E-state index contributed by atoms with van der Waals surface area (Å²) in [7, 11) is 0. The third-order valence-corrected chi connectivity index (χ3v) is 5.44. The van der Waals surface area contributed by atoms with Crippen molar-refractivity contribution in [2.24, 2.45) is 0 Å². The number of anilines is 1. The molecule has 2 aromatic rings. The minimum Gasteiger partial charge on any atom is -0.441 e. The number of hydrogen-bond donors (Lipinski definition) is 0. The highest BCUT2D eigenvalue weighted by Crippen LogP contribution is 2.35. The minimum atomic E-state index is -0.473. The fraction of sp³-hybridized carbons (Fsp3) is 0.263. The molecule has 0 radical (unpaired) electrons. The van der Waals surface area contributed by atoms with Crippen molar-refractivity contribution in [1.29, 1.82) is 0 Å². The van der Waals surface area contributed by atoms with Gasteiger partial charge in [0, 0.05) is 30.3 Å². The molecule has 0 saturated carbocycles. The summed E-state index contributed by atoms with van der Waals surface area (Å²) in [6.45, 7) is 5.65. The first-order chi connectivity index (χ1) is 12.9. The second-order valence-corrected chi connectivity index (χ2v) is 7.25. The topological polar surface area (TPSA) is 53.8 Å². The molecular formula is C19H18ClFN2O3S. The molecule has 1 aromatic heterocycles. The van der Waals surface area contributed by atoms with Gasteiger partial charge in [-0.2, -0.15) is 0 Å². The van der Waals surface area contributed by atoms with Crippen molar-refractivity contribution < 1.29 is 18.4 Å². The van der Waals surface area contributed by atoms with Crippen LogP contribution in [-0.4, -0.2) is 29.1 Å². The van der Waals surface area contributed by atoms with Gasteiger partial charge in [-0.25, -0.2) is 4.39 Å². The van der Waals surface area contributed by atoms with Crippen LogP contribution in [0.15, 0.2) is 39.7 Å². The number of furan rings is 1. The predicted octanol–water partition coefficient (Wildman–Crippen LogP) is 5.15. The van der Waals surface area contributed by atoms with Crippen LogP contribution in [0.3, 0.4) is 0 Å². The number of amides is 2. The number of carbonyl (C=O) groups is 2. The van der Waals surface area contributed by atoms with Gasteiger partial charge in [0.05, 0.1) is 11.4 Å². The molecule has 3 rings (SSSR count). The van der Waals surface area contributed by atoms with E-state index in [0.29, 0.717) is 17.2 Å². The van der Waals surface area contributed by atoms with E-state index in [1.807, 2.05) is 24.8 Å². The standard InChI is InChI=1S/C19H18ClFN2O3S/c1-3-22(4-2)17-8-7-14(26-17)10-16-18(24)23(19(25)27-16)11-12-5-6-13(21)9-15(12)20/h5-10H,3-4,11H2,1-2H3/b16-10-. The van der Waals surface area contributed by atoms with Crippen LogP contribution in [-0.2, 0) is 11.3 Å². The van der Waals surface area contributed by atoms with Gasteiger partial charge >= 0.3 is 0 Å². The van der Waals surface area contributed by atoms with Gasteiger partial charge < -0.3 is 9.32 Å². The zero-order chi connectivity index (χ0) is 19.6. The lowest BCUT2D eigenvalue weighted by Crippen LogP contribution is -2.27. The van der Waals surface area contributed by atoms with Crippen LogP contribution in [0.4, 0.5) is 15.1 Å². The van der Waals surface area contributed by atoms with Crippen LogP contribution in [0.1, 0.15) is 25.2 Å². The minimum absolute atomic E-state index is 0.00995. The Morgan fingerprint density at radius 2 is 1.96 bits per heavy atom. The lowest BCUT2D eigenvalue weighted by atomic mass is 10.2. The smallest absolute Gasteiger partial charge is 0.293 e. The summed E-state index contributed by atoms with van der Waals surface area (Å²) < 4.78 is 18.9. The Hall–Kier alpha value is -2.25. The first kappa shape index (κ1) is 19.5. The zero-order valence-corrected chi connectivity index (χ0v) is 16.4. The molecule has 0 atom stereocenters. The van der Waals surface area contributed by atoms with Gasteiger partial charge in [0.25, 0.3) is 11.1 Å². The summed E-state index contributed by atoms with van der Waals surface area (Å²) in [5, 5.41) is -0.227. The average Bonchev–Trinajstić information content (AvgIpc) is 3.18. The van der Waals surface area contributed by atoms with Crippen molar-refractivity contribution in [3.8, 4) is 0 Å². The number of nitrogens with zero attached hydrogens (tertiary/aromatic N) is 2. The van der Waals surface area contributed by atoms with Crippen LogP contribution < -0.4 is 4.90 Å². The molecule has 1 fully saturated rings. The van der Waals surface area contributed by atoms with Crippen molar-refractivity contribution in [3.63, 3.8) is 0 Å². The first-order valence-corrected chi connectivity index (χ1v) is 9.66. The summed E-state index contributed by atoms with van der Waals surface area (Å²) in [4.78, 5) is 28.3. The van der Waals surface area contributed by atoms with Gasteiger partial charge in [0.1, 0.15) is 11.6 Å². The van der Waals surface area contributed by atoms with Crippen molar-refractivity contribution in [3.05, 3.63) is 57.4 Å². The number of rotatable bonds is 6. The molecule has 2 heterocycles. The Bertz CT molecular complexity index is 908. The molecule has 142 valence electrons. The van der Waals surface area contributed by atoms with E-state index in [9.17, 15) is 14.0 Å². The number of carbonyl (C=O) groups excluding carboxylic acids is 2. The molecular weight excluding hydrogens is 391 g/mol. The monoisotopic (exact) mass is 408 g/mol. The molecule has 0 bridgehead atoms. The normalized spacial score (nSPS) is 15.9. The number of thioether (sulfide) groups is 1. The van der Waals surface area contributed by atoms with Crippen molar-refractivity contribution in [2.45, 2.75) is 20.4 Å². The Balaban J connectivity index is 1.78. The third-order valence-electron chi connectivity index (χ3n) is 4.18. The maximum absolute atomic E-state index is 13.2. The number of benzene rings is 1. The molecule has 1 aliphatic rings. The summed E-state index contributed by atoms with van der Waals surface area (Å²) in [5.74, 6) is 0.316. The van der Waals surface area contributed by atoms with Gasteiger partial charge in [-0.1, -0.05) is 17.7 Å². The largest absolute Gasteiger partial charge is 0.441 e. The molecule has 1 aromatic carbocycles. The summed E-state index contributed by atoms with van der Waals surface area (Å²) in [6.07, 6.45) is 1.56. The van der Waals surface area contributed by atoms with Gasteiger partial charge in [-0.05, 0) is 49.4 Å². The van der Waals surface area contributed by atoms with E-state index < -0.39 is 17.0 Å². The molecule has 8 heteroatoms. The van der Waals surface area contributed by atoms with E-state index in [0.717, 1.165) is 35.8 Å². The predicted molar refractivity (Wildman–Crippen MR) is 105 cm³/mol. The van der Waals surface area contributed by atoms with Gasteiger partial charge in [-0.3, -0.25) is 14.5 Å². The van der Waals surface area contributed by atoms with Crippen molar-refractivity contribution >= 4 is 46.5 Å². The molecule has 5 nitrogen and oxygen atoms in total. The Morgan fingerprint density at radius 1 is 1.22 bits per heavy atom. The van der Waals surface area contributed by atoms with Gasteiger partial charge in [-0.15, -0.1) is 0 Å². The van der Waals surface area contributed by atoms with Crippen LogP contribution >= 0.6 is 23.4 Å². The molecule has 1 aliphatic heterocycles. The van der Waals surface area contributed by atoms with E-state index in [1.165, 1.54) is 12.1 Å². The van der Waals surface area contributed by atoms with Crippen molar-refractivity contribution in [1.82, 2.24) is 4.90 Å². The summed E-state index contributed by atoms with van der Waals surface area (Å²) in [5.41, 5.74) is 0.503. The molecule has 0 unspecified atom stereocenters. The highest BCUT2D eigenvalue weighted by Gasteiger charge is 2.35. The maximum Gasteiger partial charge on any atom is 0.293 e. The van der Waals surface area contributed by atoms with E-state index in [-0.39, 0.29) is 16.5 Å². The Labute approximate surface area is 165 Å². The zero-order valence-electron chi connectivity index (χ0n) is 14.9. The number of halogens is 2. The van der Waals surface area contributed by atoms with Crippen LogP contribution in [0, 0.1) is 5.82 Å². The van der Waals surface area contributed by atoms with Crippen LogP contribution in [0.25, 0.3) is 6.08 Å². The number of imide groups is 1. The highest BCUT2D eigenvalue weighted by atomic mass is 35.5. The SMILES string of the molecule is CCN(CC)c1ccc(/C=C2\SC(=O)N(Cc3ccc(F)cc3Cl)C2=O)o1. The molecule has 0 aliphatic carbocycles. The van der Waals surface area contributed by atoms with Gasteiger partial charge in [0.2, 0.25) is 0 Å². The number of hydrogen-bond acceptors (Lipinski definition) is 5. The Morgan fingerprint density at radius 3 is 2.63 bits per heavy atom. The van der Waals surface area contributed by atoms with Gasteiger partial charge in [0.15, 0.2) is 5.88 Å².